The van der Waals surface area contributed by atoms with Gasteiger partial charge in [-0.15, -0.1) is 0 Å². The van der Waals surface area contributed by atoms with Gasteiger partial charge in [-0.3, -0.25) is 9.20 Å². The summed E-state index contributed by atoms with van der Waals surface area (Å²) in [5, 5.41) is 2.76. The van der Waals surface area contributed by atoms with Crippen molar-refractivity contribution in [3.63, 3.8) is 0 Å². The molecule has 0 spiro atoms. The van der Waals surface area contributed by atoms with Crippen LogP contribution >= 0.6 is 0 Å². The van der Waals surface area contributed by atoms with Crippen molar-refractivity contribution >= 4 is 11.6 Å². The lowest BCUT2D eigenvalue weighted by atomic mass is 10.2. The first-order valence-electron chi connectivity index (χ1n) is 8.86. The number of hydrogen-bond acceptors (Lipinski definition) is 4. The Morgan fingerprint density at radius 1 is 1.32 bits per heavy atom. The Morgan fingerprint density at radius 2 is 2.00 bits per heavy atom. The Bertz CT molecular complexity index is 1010. The van der Waals surface area contributed by atoms with Crippen LogP contribution in [0.25, 0.3) is 5.65 Å². The highest BCUT2D eigenvalue weighted by atomic mass is 19.1. The van der Waals surface area contributed by atoms with Gasteiger partial charge in [0.25, 0.3) is 5.91 Å². The third-order valence-electron chi connectivity index (χ3n) is 4.23. The van der Waals surface area contributed by atoms with Crippen LogP contribution in [-0.4, -0.2) is 27.9 Å². The molecule has 3 rings (SSSR count). The van der Waals surface area contributed by atoms with Gasteiger partial charge in [-0.05, 0) is 44.5 Å². The molecule has 6 nitrogen and oxygen atoms in total. The first-order valence-corrected chi connectivity index (χ1v) is 8.86. The lowest BCUT2D eigenvalue weighted by molar-refractivity contribution is 0.0945. The SMILES string of the molecule is Cc1cc(OCc2c(F)cccc2F)c2nc(C)c(C(=O)NCC(C)N)n2c1. The predicted molar refractivity (Wildman–Crippen MR) is 101 cm³/mol. The number of carbonyl (C=O) groups is 1. The molecule has 0 aliphatic carbocycles. The topological polar surface area (TPSA) is 81.6 Å². The molecule has 0 aliphatic rings. The smallest absolute Gasteiger partial charge is 0.270 e. The van der Waals surface area contributed by atoms with Crippen molar-refractivity contribution < 1.29 is 18.3 Å². The Morgan fingerprint density at radius 3 is 2.64 bits per heavy atom. The molecule has 1 amide bonds. The number of fused-ring (bicyclic) bond motifs is 1. The number of halogens is 2. The number of pyridine rings is 1. The molecule has 28 heavy (non-hydrogen) atoms. The summed E-state index contributed by atoms with van der Waals surface area (Å²) in [4.78, 5) is 17.0. The Labute approximate surface area is 161 Å². The number of aryl methyl sites for hydroxylation is 2. The van der Waals surface area contributed by atoms with Gasteiger partial charge >= 0.3 is 0 Å². The maximum Gasteiger partial charge on any atom is 0.270 e. The summed E-state index contributed by atoms with van der Waals surface area (Å²) >= 11 is 0. The molecule has 1 aromatic carbocycles. The van der Waals surface area contributed by atoms with Crippen LogP contribution in [0.4, 0.5) is 8.78 Å². The van der Waals surface area contributed by atoms with E-state index in [0.29, 0.717) is 29.3 Å². The highest BCUT2D eigenvalue weighted by Crippen LogP contribution is 2.26. The quantitative estimate of drug-likeness (QED) is 0.680. The molecule has 0 saturated heterocycles. The number of amides is 1. The second-order valence-electron chi connectivity index (χ2n) is 6.80. The van der Waals surface area contributed by atoms with Gasteiger partial charge in [0, 0.05) is 18.8 Å². The summed E-state index contributed by atoms with van der Waals surface area (Å²) in [6.07, 6.45) is 1.76. The molecule has 0 aliphatic heterocycles. The highest BCUT2D eigenvalue weighted by Gasteiger charge is 2.20. The molecule has 2 aromatic heterocycles. The molecule has 0 bridgehead atoms. The molecule has 0 radical (unpaired) electrons. The second-order valence-corrected chi connectivity index (χ2v) is 6.80. The minimum absolute atomic E-state index is 0.166. The number of imidazole rings is 1. The summed E-state index contributed by atoms with van der Waals surface area (Å²) in [7, 11) is 0. The first kappa shape index (κ1) is 19.8. The molecule has 3 N–H and O–H groups in total. The lowest BCUT2D eigenvalue weighted by Crippen LogP contribution is -2.35. The first-order chi connectivity index (χ1) is 13.3. The lowest BCUT2D eigenvalue weighted by Gasteiger charge is -2.11. The molecule has 0 fully saturated rings. The fourth-order valence-corrected chi connectivity index (χ4v) is 2.90. The summed E-state index contributed by atoms with van der Waals surface area (Å²) in [5.41, 5.74) is 7.59. The Balaban J connectivity index is 1.96. The minimum Gasteiger partial charge on any atom is -0.485 e. The third kappa shape index (κ3) is 3.96. The van der Waals surface area contributed by atoms with Crippen molar-refractivity contribution in [2.75, 3.05) is 6.54 Å². The van der Waals surface area contributed by atoms with Gasteiger partial charge in [0.05, 0.1) is 11.3 Å². The number of benzene rings is 1. The van der Waals surface area contributed by atoms with Gasteiger partial charge < -0.3 is 15.8 Å². The van der Waals surface area contributed by atoms with Crippen LogP contribution in [0.2, 0.25) is 0 Å². The van der Waals surface area contributed by atoms with Gasteiger partial charge in [0.15, 0.2) is 11.4 Å². The Kier molecular flexibility index (Phi) is 5.60. The van der Waals surface area contributed by atoms with Crippen LogP contribution in [0.5, 0.6) is 5.75 Å². The minimum atomic E-state index is -0.681. The van der Waals surface area contributed by atoms with Crippen molar-refractivity contribution in [3.8, 4) is 5.75 Å². The number of ether oxygens (including phenoxy) is 1. The van der Waals surface area contributed by atoms with E-state index >= 15 is 0 Å². The van der Waals surface area contributed by atoms with Gasteiger partial charge in [-0.2, -0.15) is 0 Å². The van der Waals surface area contributed by atoms with Gasteiger partial charge in [-0.1, -0.05) is 6.07 Å². The molecule has 3 aromatic rings. The number of nitrogens with two attached hydrogens (primary N) is 1. The molecular weight excluding hydrogens is 366 g/mol. The summed E-state index contributed by atoms with van der Waals surface area (Å²) in [6.45, 7) is 5.36. The summed E-state index contributed by atoms with van der Waals surface area (Å²) in [5.74, 6) is -1.34. The maximum absolute atomic E-state index is 13.9. The largest absolute Gasteiger partial charge is 0.485 e. The number of rotatable bonds is 6. The van der Waals surface area contributed by atoms with Crippen LogP contribution in [0.1, 0.15) is 34.2 Å². The zero-order chi connectivity index (χ0) is 20.4. The van der Waals surface area contributed by atoms with Crippen molar-refractivity contribution in [2.24, 2.45) is 5.73 Å². The number of aromatic nitrogens is 2. The summed E-state index contributed by atoms with van der Waals surface area (Å²) < 4.78 is 35.0. The Hall–Kier alpha value is -3.00. The average molecular weight is 388 g/mol. The monoisotopic (exact) mass is 388 g/mol. The normalized spacial score (nSPS) is 12.2. The van der Waals surface area contributed by atoms with E-state index in [-0.39, 0.29) is 24.1 Å². The van der Waals surface area contributed by atoms with Crippen LogP contribution in [0.15, 0.2) is 30.5 Å². The van der Waals surface area contributed by atoms with Gasteiger partial charge in [-0.25, -0.2) is 13.8 Å². The van der Waals surface area contributed by atoms with Crippen molar-refractivity contribution in [3.05, 3.63) is 64.6 Å². The fraction of sp³-hybridized carbons (Fsp3) is 0.300. The van der Waals surface area contributed by atoms with E-state index in [1.54, 1.807) is 30.5 Å². The van der Waals surface area contributed by atoms with Crippen LogP contribution in [-0.2, 0) is 6.61 Å². The van der Waals surface area contributed by atoms with E-state index in [4.69, 9.17) is 10.5 Å². The second kappa shape index (κ2) is 7.93. The summed E-state index contributed by atoms with van der Waals surface area (Å²) in [6, 6.07) is 5.18. The molecule has 1 unspecified atom stereocenters. The van der Waals surface area contributed by atoms with Crippen molar-refractivity contribution in [2.45, 2.75) is 33.4 Å². The van der Waals surface area contributed by atoms with Crippen LogP contribution < -0.4 is 15.8 Å². The third-order valence-corrected chi connectivity index (χ3v) is 4.23. The van der Waals surface area contributed by atoms with E-state index < -0.39 is 11.6 Å². The van der Waals surface area contributed by atoms with Crippen LogP contribution in [0, 0.1) is 25.5 Å². The fourth-order valence-electron chi connectivity index (χ4n) is 2.90. The van der Waals surface area contributed by atoms with E-state index in [9.17, 15) is 13.6 Å². The molecule has 2 heterocycles. The molecule has 1 atom stereocenters. The maximum atomic E-state index is 13.9. The number of hydrogen-bond donors (Lipinski definition) is 2. The standard InChI is InChI=1S/C20H22F2N4O2/c1-11-7-17(28-10-14-15(21)5-4-6-16(14)22)19-25-13(3)18(26(19)9-11)20(27)24-8-12(2)23/h4-7,9,12H,8,10,23H2,1-3H3,(H,24,27). The van der Waals surface area contributed by atoms with E-state index in [1.165, 1.54) is 18.2 Å². The molecular formula is C20H22F2N4O2. The van der Waals surface area contributed by atoms with Gasteiger partial charge in [0.2, 0.25) is 0 Å². The highest BCUT2D eigenvalue weighted by molar-refractivity contribution is 5.95. The number of nitrogens with zero attached hydrogens (tertiary/aromatic N) is 2. The molecule has 8 heteroatoms. The van der Waals surface area contributed by atoms with E-state index in [2.05, 4.69) is 10.3 Å². The van der Waals surface area contributed by atoms with Crippen molar-refractivity contribution in [1.82, 2.24) is 14.7 Å². The zero-order valence-corrected chi connectivity index (χ0v) is 15.9. The average Bonchev–Trinajstić information content (AvgIpc) is 2.95. The predicted octanol–water partition coefficient (Wildman–Crippen LogP) is 2.89. The van der Waals surface area contributed by atoms with Gasteiger partial charge in [0.1, 0.15) is 23.9 Å². The van der Waals surface area contributed by atoms with Crippen LogP contribution in [0.3, 0.4) is 0 Å². The van der Waals surface area contributed by atoms with E-state index in [0.717, 1.165) is 5.56 Å². The van der Waals surface area contributed by atoms with Crippen molar-refractivity contribution in [1.29, 1.82) is 0 Å². The number of carbonyl (C=O) groups excluding carboxylic acids is 1. The zero-order valence-electron chi connectivity index (χ0n) is 15.9. The molecule has 148 valence electrons. The molecule has 0 saturated carbocycles. The van der Waals surface area contributed by atoms with E-state index in [1.807, 2.05) is 6.92 Å². The number of nitrogens with one attached hydrogen (secondary N) is 1.